The van der Waals surface area contributed by atoms with E-state index in [1.807, 2.05) is 57.2 Å². The summed E-state index contributed by atoms with van der Waals surface area (Å²) in [6.07, 6.45) is 0. The van der Waals surface area contributed by atoms with Gasteiger partial charge in [-0.3, -0.25) is 0 Å². The summed E-state index contributed by atoms with van der Waals surface area (Å²) in [6, 6.07) is 24.5. The summed E-state index contributed by atoms with van der Waals surface area (Å²) in [6.45, 7) is 7.13. The lowest BCUT2D eigenvalue weighted by Crippen LogP contribution is -2.48. The van der Waals surface area contributed by atoms with Crippen LogP contribution in [0.3, 0.4) is 0 Å². The van der Waals surface area contributed by atoms with E-state index in [-0.39, 0.29) is 69.4 Å². The van der Waals surface area contributed by atoms with Crippen LogP contribution in [0.15, 0.2) is 97.1 Å². The third-order valence-electron chi connectivity index (χ3n) is 11.1. The molecule has 5 N–H and O–H groups in total. The van der Waals surface area contributed by atoms with Gasteiger partial charge >= 0.3 is 0 Å². The molecule has 0 amide bonds. The molecule has 0 aliphatic rings. The summed E-state index contributed by atoms with van der Waals surface area (Å²) in [4.78, 5) is 0. The fourth-order valence-electron chi connectivity index (χ4n) is 7.02. The Labute approximate surface area is 391 Å². The minimum Gasteiger partial charge on any atom is -0.488 e. The first-order valence-electron chi connectivity index (χ1n) is 21.1. The number of aliphatic hydroxyl groups excluding tert-OH is 3. The largest absolute Gasteiger partial charge is 0.488 e. The van der Waals surface area contributed by atoms with Crippen LogP contribution in [0.25, 0.3) is 11.1 Å². The molecule has 6 aromatic rings. The predicted octanol–water partition coefficient (Wildman–Crippen LogP) is 10.5. The lowest BCUT2D eigenvalue weighted by Gasteiger charge is -2.27. The summed E-state index contributed by atoms with van der Waals surface area (Å²) in [5, 5.41) is 36.1. The summed E-state index contributed by atoms with van der Waals surface area (Å²) in [7, 11) is 0. The first-order chi connectivity index (χ1) is 31.6. The van der Waals surface area contributed by atoms with Crippen molar-refractivity contribution < 1.29 is 51.8 Å². The standard InChI is InChI=1S/C51H52Cl2F4N2O7/c1-30(23-60)58-21-37-15-45(52)49(19-47(37)63-24-33-11-39(54)17-40(55)12-33)65-26-35-7-5-9-43(31(35)2)44-10-6-8-36(32(44)3)27-66-50-20-48(64-25-34-13-41(56)18-42(57)14-34)38(16-46(50)53)22-59-51(4,28-61)29-62/h5-20,30,58-62H,21-29H2,1-4H3. The molecular formula is C51H52Cl2F4N2O7. The molecule has 0 fully saturated rings. The highest BCUT2D eigenvalue weighted by molar-refractivity contribution is 6.32. The molecule has 1 unspecified atom stereocenters. The van der Waals surface area contributed by atoms with Gasteiger partial charge in [0, 0.05) is 54.5 Å². The van der Waals surface area contributed by atoms with E-state index in [1.165, 1.54) is 24.3 Å². The van der Waals surface area contributed by atoms with Crippen molar-refractivity contribution in [2.24, 2.45) is 0 Å². The first kappa shape index (κ1) is 50.0. The molecule has 0 saturated carbocycles. The summed E-state index contributed by atoms with van der Waals surface area (Å²) < 4.78 is 80.6. The summed E-state index contributed by atoms with van der Waals surface area (Å²) >= 11 is 13.5. The van der Waals surface area contributed by atoms with Gasteiger partial charge < -0.3 is 44.9 Å². The van der Waals surface area contributed by atoms with Crippen LogP contribution in [0.2, 0.25) is 10.0 Å². The average Bonchev–Trinajstić information content (AvgIpc) is 3.28. The molecule has 6 aromatic carbocycles. The van der Waals surface area contributed by atoms with Crippen LogP contribution in [0.5, 0.6) is 23.0 Å². The second-order valence-corrected chi connectivity index (χ2v) is 17.2. The number of halogens is 6. The van der Waals surface area contributed by atoms with Gasteiger partial charge in [-0.15, -0.1) is 0 Å². The van der Waals surface area contributed by atoms with E-state index >= 15 is 0 Å². The van der Waals surface area contributed by atoms with Crippen molar-refractivity contribution in [3.8, 4) is 34.1 Å². The smallest absolute Gasteiger partial charge is 0.142 e. The van der Waals surface area contributed by atoms with E-state index < -0.39 is 28.8 Å². The van der Waals surface area contributed by atoms with Gasteiger partial charge in [-0.05, 0) is 109 Å². The lowest BCUT2D eigenvalue weighted by molar-refractivity contribution is 0.103. The van der Waals surface area contributed by atoms with E-state index in [0.717, 1.165) is 45.5 Å². The van der Waals surface area contributed by atoms with Gasteiger partial charge in [0.25, 0.3) is 0 Å². The highest BCUT2D eigenvalue weighted by atomic mass is 35.5. The van der Waals surface area contributed by atoms with Gasteiger partial charge in [0.15, 0.2) is 0 Å². The Kier molecular flexibility index (Phi) is 17.4. The second-order valence-electron chi connectivity index (χ2n) is 16.4. The number of hydrogen-bond acceptors (Lipinski definition) is 9. The highest BCUT2D eigenvalue weighted by Gasteiger charge is 2.23. The number of aliphatic hydroxyl groups is 3. The molecule has 9 nitrogen and oxygen atoms in total. The highest BCUT2D eigenvalue weighted by Crippen LogP contribution is 2.38. The van der Waals surface area contributed by atoms with Crippen LogP contribution < -0.4 is 29.6 Å². The summed E-state index contributed by atoms with van der Waals surface area (Å²) in [5.74, 6) is -1.57. The monoisotopic (exact) mass is 950 g/mol. The van der Waals surface area contributed by atoms with E-state index in [2.05, 4.69) is 10.6 Å². The van der Waals surface area contributed by atoms with Crippen LogP contribution in [-0.4, -0.2) is 46.7 Å². The number of nitrogens with one attached hydrogen (secondary N) is 2. The molecule has 1 atom stereocenters. The Bertz CT molecular complexity index is 2590. The van der Waals surface area contributed by atoms with Crippen LogP contribution in [0.4, 0.5) is 17.6 Å². The molecule has 0 heterocycles. The molecule has 0 saturated heterocycles. The normalized spacial score (nSPS) is 12.0. The molecule has 0 aromatic heterocycles. The fraction of sp³-hybridized carbons (Fsp3) is 0.294. The lowest BCUT2D eigenvalue weighted by atomic mass is 9.92. The Morgan fingerprint density at radius 2 is 0.955 bits per heavy atom. The molecule has 0 radical (unpaired) electrons. The van der Waals surface area contributed by atoms with Crippen molar-refractivity contribution in [1.29, 1.82) is 0 Å². The Morgan fingerprint density at radius 1 is 0.545 bits per heavy atom. The zero-order chi connectivity index (χ0) is 47.5. The molecule has 0 aliphatic carbocycles. The molecule has 15 heteroatoms. The van der Waals surface area contributed by atoms with Crippen LogP contribution >= 0.6 is 23.2 Å². The van der Waals surface area contributed by atoms with E-state index in [4.69, 9.17) is 42.1 Å². The molecule has 0 spiro atoms. The molecule has 6 rings (SSSR count). The average molecular weight is 952 g/mol. The topological polar surface area (TPSA) is 122 Å². The number of rotatable bonds is 22. The van der Waals surface area contributed by atoms with Gasteiger partial charge in [0.05, 0.1) is 35.4 Å². The van der Waals surface area contributed by atoms with Crippen molar-refractivity contribution in [2.75, 3.05) is 19.8 Å². The van der Waals surface area contributed by atoms with Gasteiger partial charge in [-0.25, -0.2) is 17.6 Å². The fourth-order valence-corrected chi connectivity index (χ4v) is 7.50. The SMILES string of the molecule is Cc1c(COc2cc(OCc3cc(F)cc(F)c3)c(CNC(C)CO)cc2Cl)cccc1-c1cccc(COc2cc(OCc3cc(F)cc(F)c3)c(CNC(C)(CO)CO)cc2Cl)c1C. The van der Waals surface area contributed by atoms with Crippen molar-refractivity contribution in [1.82, 2.24) is 10.6 Å². The van der Waals surface area contributed by atoms with Crippen molar-refractivity contribution >= 4 is 23.2 Å². The number of benzene rings is 6. The van der Waals surface area contributed by atoms with Gasteiger partial charge in [0.1, 0.15) is 72.7 Å². The minimum absolute atomic E-state index is 0.0874. The zero-order valence-electron chi connectivity index (χ0n) is 36.9. The second kappa shape index (κ2) is 22.9. The molecular weight excluding hydrogens is 899 g/mol. The molecule has 350 valence electrons. The Balaban J connectivity index is 1.20. The third-order valence-corrected chi connectivity index (χ3v) is 11.7. The minimum atomic E-state index is -1.01. The first-order valence-corrected chi connectivity index (χ1v) is 21.9. The van der Waals surface area contributed by atoms with Gasteiger partial charge in [-0.1, -0.05) is 59.6 Å². The number of hydrogen-bond donors (Lipinski definition) is 5. The van der Waals surface area contributed by atoms with E-state index in [1.54, 1.807) is 31.2 Å². The molecule has 0 bridgehead atoms. The Hall–Kier alpha value is -5.38. The number of ether oxygens (including phenoxy) is 4. The quantitative estimate of drug-likeness (QED) is 0.0424. The molecule has 66 heavy (non-hydrogen) atoms. The third kappa shape index (κ3) is 13.2. The van der Waals surface area contributed by atoms with Crippen LogP contribution in [-0.2, 0) is 39.5 Å². The maximum Gasteiger partial charge on any atom is 0.142 e. The summed E-state index contributed by atoms with van der Waals surface area (Å²) in [5.41, 5.74) is 6.38. The van der Waals surface area contributed by atoms with Gasteiger partial charge in [-0.2, -0.15) is 0 Å². The van der Waals surface area contributed by atoms with Crippen molar-refractivity contribution in [3.05, 3.63) is 175 Å². The Morgan fingerprint density at radius 3 is 1.36 bits per heavy atom. The van der Waals surface area contributed by atoms with E-state index in [0.29, 0.717) is 51.3 Å². The van der Waals surface area contributed by atoms with Gasteiger partial charge in [0.2, 0.25) is 0 Å². The van der Waals surface area contributed by atoms with E-state index in [9.17, 15) is 32.9 Å². The van der Waals surface area contributed by atoms with Crippen molar-refractivity contribution in [3.63, 3.8) is 0 Å². The van der Waals surface area contributed by atoms with Crippen LogP contribution in [0.1, 0.15) is 58.4 Å². The maximum atomic E-state index is 14.0. The van der Waals surface area contributed by atoms with Crippen molar-refractivity contribution in [2.45, 2.75) is 78.8 Å². The maximum absolute atomic E-state index is 14.0. The zero-order valence-corrected chi connectivity index (χ0v) is 38.4. The molecule has 0 aliphatic heterocycles. The van der Waals surface area contributed by atoms with Crippen LogP contribution in [0, 0.1) is 37.1 Å². The predicted molar refractivity (Wildman–Crippen MR) is 247 cm³/mol.